The van der Waals surface area contributed by atoms with E-state index in [1.54, 1.807) is 12.1 Å². The van der Waals surface area contributed by atoms with Crippen LogP contribution < -0.4 is 5.63 Å². The molecule has 1 aromatic heterocycles. The van der Waals surface area contributed by atoms with Crippen molar-refractivity contribution in [1.82, 2.24) is 0 Å². The van der Waals surface area contributed by atoms with Gasteiger partial charge < -0.3 is 4.42 Å². The monoisotopic (exact) mass is 151 g/mol. The molecular weight excluding hydrogens is 147 g/mol. The topological polar surface area (TPSA) is 30.2 Å². The van der Waals surface area contributed by atoms with Gasteiger partial charge in [-0.25, -0.2) is 4.79 Å². The summed E-state index contributed by atoms with van der Waals surface area (Å²) < 4.78 is 4.37. The molecule has 4 heteroatoms. The Kier molecular flexibility index (Phi) is 8.58. The summed E-state index contributed by atoms with van der Waals surface area (Å²) in [5.41, 5.74) is -0.303. The zero-order chi connectivity index (χ0) is 5.11. The molecule has 0 N–H and O–H groups in total. The standard InChI is InChI=1S/C5H4O2.Na.S/c6-5-3-1-2-4-7-5;;/h1-4H;;. The van der Waals surface area contributed by atoms with Crippen LogP contribution in [0.5, 0.6) is 0 Å². The van der Waals surface area contributed by atoms with Crippen LogP contribution in [0.3, 0.4) is 0 Å². The Hall–Kier alpha value is 0.300. The van der Waals surface area contributed by atoms with E-state index in [0.29, 0.717) is 0 Å². The molecule has 0 atom stereocenters. The molecule has 1 rings (SSSR count). The van der Waals surface area contributed by atoms with Crippen molar-refractivity contribution in [2.24, 2.45) is 0 Å². The molecule has 0 aliphatic heterocycles. The largest absolute Gasteiger partial charge is 0.431 e. The smallest absolute Gasteiger partial charge is 0.335 e. The van der Waals surface area contributed by atoms with Gasteiger partial charge in [-0.1, -0.05) is 6.07 Å². The van der Waals surface area contributed by atoms with Crippen molar-refractivity contribution in [2.45, 2.75) is 0 Å². The quantitative estimate of drug-likeness (QED) is 0.516. The summed E-state index contributed by atoms with van der Waals surface area (Å²) in [5.74, 6) is 0. The van der Waals surface area contributed by atoms with Crippen molar-refractivity contribution < 1.29 is 4.42 Å². The summed E-state index contributed by atoms with van der Waals surface area (Å²) in [4.78, 5) is 10.1. The van der Waals surface area contributed by atoms with Crippen molar-refractivity contribution >= 4 is 43.1 Å². The first-order valence-electron chi connectivity index (χ1n) is 1.93. The SMILES string of the molecule is O=c1cccco1.[Na].[S]. The van der Waals surface area contributed by atoms with Crippen LogP contribution in [-0.4, -0.2) is 29.6 Å². The van der Waals surface area contributed by atoms with Gasteiger partial charge in [0.25, 0.3) is 0 Å². The Morgan fingerprint density at radius 2 is 2.00 bits per heavy atom. The van der Waals surface area contributed by atoms with Crippen LogP contribution in [0.15, 0.2) is 33.7 Å². The summed E-state index contributed by atoms with van der Waals surface area (Å²) in [5, 5.41) is 0. The van der Waals surface area contributed by atoms with Crippen molar-refractivity contribution in [1.29, 1.82) is 0 Å². The molecule has 9 heavy (non-hydrogen) atoms. The van der Waals surface area contributed by atoms with Crippen molar-refractivity contribution in [3.63, 3.8) is 0 Å². The minimum Gasteiger partial charge on any atom is -0.431 e. The number of hydrogen-bond donors (Lipinski definition) is 0. The fourth-order valence-corrected chi connectivity index (χ4v) is 0.325. The second-order valence-electron chi connectivity index (χ2n) is 1.12. The van der Waals surface area contributed by atoms with E-state index in [1.807, 2.05) is 0 Å². The van der Waals surface area contributed by atoms with Gasteiger partial charge in [0.2, 0.25) is 0 Å². The molecule has 0 amide bonds. The average Bonchev–Trinajstić information content (AvgIpc) is 1.69. The fourth-order valence-electron chi connectivity index (χ4n) is 0.325. The first-order valence-corrected chi connectivity index (χ1v) is 1.93. The first kappa shape index (κ1) is 12.0. The van der Waals surface area contributed by atoms with E-state index in [1.165, 1.54) is 12.3 Å². The zero-order valence-electron chi connectivity index (χ0n) is 5.03. The van der Waals surface area contributed by atoms with Gasteiger partial charge in [-0.15, -0.1) is 0 Å². The van der Waals surface area contributed by atoms with Gasteiger partial charge in [0.1, 0.15) is 0 Å². The van der Waals surface area contributed by atoms with Crippen molar-refractivity contribution in [3.8, 4) is 0 Å². The summed E-state index contributed by atoms with van der Waals surface area (Å²) in [6, 6.07) is 4.65. The van der Waals surface area contributed by atoms with E-state index in [-0.39, 0.29) is 48.7 Å². The van der Waals surface area contributed by atoms with Gasteiger partial charge >= 0.3 is 5.63 Å². The van der Waals surface area contributed by atoms with Gasteiger partial charge in [0.05, 0.1) is 6.26 Å². The second kappa shape index (κ2) is 6.42. The van der Waals surface area contributed by atoms with Crippen LogP contribution in [0, 0.1) is 0 Å². The van der Waals surface area contributed by atoms with Crippen LogP contribution in [-0.2, 0) is 0 Å². The Bertz CT molecular complexity index is 181. The number of hydrogen-bond acceptors (Lipinski definition) is 2. The van der Waals surface area contributed by atoms with Gasteiger partial charge in [-0.3, -0.25) is 0 Å². The molecule has 3 radical (unpaired) electrons. The Morgan fingerprint density at radius 1 is 1.33 bits per heavy atom. The molecule has 0 aliphatic rings. The molecule has 0 unspecified atom stereocenters. The van der Waals surface area contributed by atoms with E-state index in [4.69, 9.17) is 0 Å². The Labute approximate surface area is 82.0 Å². The van der Waals surface area contributed by atoms with Gasteiger partial charge in [-0.2, -0.15) is 0 Å². The maximum atomic E-state index is 10.1. The maximum Gasteiger partial charge on any atom is 0.335 e. The molecular formula is C5H4NaO2S. The second-order valence-corrected chi connectivity index (χ2v) is 1.12. The van der Waals surface area contributed by atoms with E-state index in [2.05, 4.69) is 4.42 Å². The molecule has 2 nitrogen and oxygen atoms in total. The maximum absolute atomic E-state index is 10.1. The van der Waals surface area contributed by atoms with Crippen LogP contribution >= 0.6 is 13.5 Å². The third-order valence-corrected chi connectivity index (χ3v) is 0.606. The predicted octanol–water partition coefficient (Wildman–Crippen LogP) is 0.907. The molecule has 0 fully saturated rings. The van der Waals surface area contributed by atoms with Gasteiger partial charge in [-0.05, 0) is 6.07 Å². The van der Waals surface area contributed by atoms with Crippen molar-refractivity contribution in [2.75, 3.05) is 0 Å². The molecule has 1 aromatic rings. The zero-order valence-corrected chi connectivity index (χ0v) is 7.85. The van der Waals surface area contributed by atoms with Gasteiger partial charge in [0.15, 0.2) is 0 Å². The molecule has 0 aliphatic carbocycles. The molecule has 0 bridgehead atoms. The molecule has 0 spiro atoms. The Balaban J connectivity index is 0. The van der Waals surface area contributed by atoms with E-state index in [9.17, 15) is 4.79 Å². The summed E-state index contributed by atoms with van der Waals surface area (Å²) >= 11 is 0. The molecule has 0 aromatic carbocycles. The number of rotatable bonds is 0. The summed E-state index contributed by atoms with van der Waals surface area (Å²) in [6.45, 7) is 0. The van der Waals surface area contributed by atoms with Crippen LogP contribution in [0.2, 0.25) is 0 Å². The van der Waals surface area contributed by atoms with Crippen LogP contribution in [0.25, 0.3) is 0 Å². The fraction of sp³-hybridized carbons (Fsp3) is 0. The molecule has 1 heterocycles. The summed E-state index contributed by atoms with van der Waals surface area (Å²) in [6.07, 6.45) is 1.35. The van der Waals surface area contributed by atoms with Crippen LogP contribution in [0.1, 0.15) is 0 Å². The van der Waals surface area contributed by atoms with Crippen LogP contribution in [0.4, 0.5) is 0 Å². The minimum atomic E-state index is -0.303. The minimum absolute atomic E-state index is 0. The molecule has 0 saturated heterocycles. The van der Waals surface area contributed by atoms with Crippen molar-refractivity contribution in [3.05, 3.63) is 34.9 Å². The first-order chi connectivity index (χ1) is 3.39. The molecule has 43 valence electrons. The summed E-state index contributed by atoms with van der Waals surface area (Å²) in [7, 11) is 0. The molecule has 0 saturated carbocycles. The normalized spacial score (nSPS) is 6.67. The van der Waals surface area contributed by atoms with E-state index >= 15 is 0 Å². The average molecular weight is 151 g/mol. The van der Waals surface area contributed by atoms with E-state index in [0.717, 1.165) is 0 Å². The van der Waals surface area contributed by atoms with E-state index < -0.39 is 0 Å². The third-order valence-electron chi connectivity index (χ3n) is 0.606. The predicted molar refractivity (Wildman–Crippen MR) is 38.3 cm³/mol. The Morgan fingerprint density at radius 3 is 2.22 bits per heavy atom. The van der Waals surface area contributed by atoms with Gasteiger partial charge in [0, 0.05) is 49.1 Å². The third kappa shape index (κ3) is 4.78.